The van der Waals surface area contributed by atoms with Crippen molar-refractivity contribution in [2.75, 3.05) is 0 Å². The van der Waals surface area contributed by atoms with Crippen LogP contribution in [0.5, 0.6) is 17.4 Å². The van der Waals surface area contributed by atoms with Crippen LogP contribution in [0.15, 0.2) is 36.0 Å². The van der Waals surface area contributed by atoms with Gasteiger partial charge in [0.2, 0.25) is 5.88 Å². The quantitative estimate of drug-likeness (QED) is 0.764. The molecular formula is C13H10N2O2S. The number of fused-ring (bicyclic) bond motifs is 1. The molecule has 0 saturated heterocycles. The van der Waals surface area contributed by atoms with Crippen LogP contribution in [0.25, 0.3) is 10.2 Å². The van der Waals surface area contributed by atoms with Gasteiger partial charge in [-0.3, -0.25) is 0 Å². The number of nitrogens with zero attached hydrogens (tertiary/aromatic N) is 2. The largest absolute Gasteiger partial charge is 0.508 e. The number of aromatic hydroxyl groups is 1. The van der Waals surface area contributed by atoms with Gasteiger partial charge in [-0.25, -0.2) is 9.97 Å². The van der Waals surface area contributed by atoms with E-state index >= 15 is 0 Å². The average Bonchev–Trinajstić information content (AvgIpc) is 2.76. The van der Waals surface area contributed by atoms with Crippen LogP contribution in [0, 0.1) is 6.92 Å². The van der Waals surface area contributed by atoms with Crippen LogP contribution in [-0.2, 0) is 0 Å². The molecule has 2 aromatic heterocycles. The fraction of sp³-hybridized carbons (Fsp3) is 0.0769. The maximum Gasteiger partial charge on any atom is 0.240 e. The van der Waals surface area contributed by atoms with Crippen LogP contribution < -0.4 is 4.74 Å². The first kappa shape index (κ1) is 11.0. The molecule has 5 heteroatoms. The molecule has 2 heterocycles. The van der Waals surface area contributed by atoms with Crippen molar-refractivity contribution < 1.29 is 9.84 Å². The monoisotopic (exact) mass is 258 g/mol. The van der Waals surface area contributed by atoms with E-state index in [1.54, 1.807) is 12.1 Å². The molecule has 0 unspecified atom stereocenters. The number of aryl methyl sites for hydroxylation is 1. The topological polar surface area (TPSA) is 55.2 Å². The van der Waals surface area contributed by atoms with E-state index in [9.17, 15) is 5.11 Å². The molecule has 4 nitrogen and oxygen atoms in total. The summed E-state index contributed by atoms with van der Waals surface area (Å²) in [5, 5.41) is 11.5. The molecule has 0 aliphatic rings. The number of rotatable bonds is 2. The normalized spacial score (nSPS) is 10.7. The second kappa shape index (κ2) is 4.27. The van der Waals surface area contributed by atoms with E-state index in [-0.39, 0.29) is 5.75 Å². The molecule has 0 saturated carbocycles. The summed E-state index contributed by atoms with van der Waals surface area (Å²) in [5.41, 5.74) is 1.79. The third-order valence-electron chi connectivity index (χ3n) is 2.46. The minimum atomic E-state index is 0.182. The Bertz CT molecular complexity index is 689. The Morgan fingerprint density at radius 1 is 1.22 bits per heavy atom. The van der Waals surface area contributed by atoms with E-state index in [2.05, 4.69) is 9.97 Å². The van der Waals surface area contributed by atoms with Gasteiger partial charge in [-0.05, 0) is 36.1 Å². The van der Waals surface area contributed by atoms with Crippen molar-refractivity contribution in [1.29, 1.82) is 0 Å². The number of benzene rings is 1. The SMILES string of the molecule is Cc1cc(O)cc(Oc2ncnc3ccsc23)c1. The van der Waals surface area contributed by atoms with Gasteiger partial charge < -0.3 is 9.84 Å². The first-order chi connectivity index (χ1) is 8.72. The van der Waals surface area contributed by atoms with E-state index in [4.69, 9.17) is 4.74 Å². The van der Waals surface area contributed by atoms with Crippen LogP contribution >= 0.6 is 11.3 Å². The molecule has 0 aliphatic heterocycles. The molecule has 18 heavy (non-hydrogen) atoms. The second-order valence-corrected chi connectivity index (χ2v) is 4.84. The van der Waals surface area contributed by atoms with Crippen molar-refractivity contribution in [1.82, 2.24) is 9.97 Å². The molecule has 1 aromatic carbocycles. The van der Waals surface area contributed by atoms with Gasteiger partial charge in [0.1, 0.15) is 22.5 Å². The summed E-state index contributed by atoms with van der Waals surface area (Å²) in [6.07, 6.45) is 1.47. The summed E-state index contributed by atoms with van der Waals surface area (Å²) in [7, 11) is 0. The Balaban J connectivity index is 2.03. The number of aromatic nitrogens is 2. The Morgan fingerprint density at radius 2 is 2.11 bits per heavy atom. The smallest absolute Gasteiger partial charge is 0.240 e. The lowest BCUT2D eigenvalue weighted by atomic mass is 10.2. The van der Waals surface area contributed by atoms with Crippen LogP contribution in [0.2, 0.25) is 0 Å². The second-order valence-electron chi connectivity index (χ2n) is 3.92. The molecule has 0 radical (unpaired) electrons. The predicted octanol–water partition coefficient (Wildman–Crippen LogP) is 3.50. The maximum atomic E-state index is 9.54. The summed E-state index contributed by atoms with van der Waals surface area (Å²) in [6, 6.07) is 7.01. The van der Waals surface area contributed by atoms with Crippen LogP contribution in [0.3, 0.4) is 0 Å². The van der Waals surface area contributed by atoms with Crippen molar-refractivity contribution in [2.24, 2.45) is 0 Å². The zero-order valence-electron chi connectivity index (χ0n) is 9.62. The lowest BCUT2D eigenvalue weighted by Crippen LogP contribution is -1.89. The summed E-state index contributed by atoms with van der Waals surface area (Å²) >= 11 is 1.53. The number of phenols is 1. The lowest BCUT2D eigenvalue weighted by Gasteiger charge is -2.06. The average molecular weight is 258 g/mol. The van der Waals surface area contributed by atoms with Gasteiger partial charge in [-0.15, -0.1) is 11.3 Å². The minimum Gasteiger partial charge on any atom is -0.508 e. The molecule has 0 atom stereocenters. The molecule has 0 spiro atoms. The Labute approximate surface area is 108 Å². The van der Waals surface area contributed by atoms with Gasteiger partial charge in [0.05, 0.1) is 5.52 Å². The summed E-state index contributed by atoms with van der Waals surface area (Å²) in [4.78, 5) is 8.28. The van der Waals surface area contributed by atoms with Crippen LogP contribution in [-0.4, -0.2) is 15.1 Å². The van der Waals surface area contributed by atoms with Gasteiger partial charge in [0.25, 0.3) is 0 Å². The maximum absolute atomic E-state index is 9.54. The number of hydrogen-bond acceptors (Lipinski definition) is 5. The molecule has 0 bridgehead atoms. The Kier molecular flexibility index (Phi) is 2.60. The Hall–Kier alpha value is -2.14. The minimum absolute atomic E-state index is 0.182. The van der Waals surface area contributed by atoms with Gasteiger partial charge in [-0.2, -0.15) is 0 Å². The Morgan fingerprint density at radius 3 is 2.94 bits per heavy atom. The van der Waals surface area contributed by atoms with E-state index in [0.29, 0.717) is 11.6 Å². The third-order valence-corrected chi connectivity index (χ3v) is 3.35. The fourth-order valence-corrected chi connectivity index (χ4v) is 2.51. The van der Waals surface area contributed by atoms with Gasteiger partial charge >= 0.3 is 0 Å². The van der Waals surface area contributed by atoms with E-state index in [0.717, 1.165) is 15.8 Å². The zero-order valence-corrected chi connectivity index (χ0v) is 10.4. The predicted molar refractivity (Wildman–Crippen MR) is 70.3 cm³/mol. The van der Waals surface area contributed by atoms with Gasteiger partial charge in [-0.1, -0.05) is 0 Å². The molecule has 90 valence electrons. The zero-order chi connectivity index (χ0) is 12.5. The summed E-state index contributed by atoms with van der Waals surface area (Å²) < 4.78 is 6.61. The highest BCUT2D eigenvalue weighted by atomic mass is 32.1. The molecule has 0 amide bonds. The van der Waals surface area contributed by atoms with Crippen LogP contribution in [0.4, 0.5) is 0 Å². The molecule has 0 fully saturated rings. The van der Waals surface area contributed by atoms with Crippen molar-refractivity contribution in [3.05, 3.63) is 41.5 Å². The molecule has 0 aliphatic carbocycles. The van der Waals surface area contributed by atoms with Crippen molar-refractivity contribution in [2.45, 2.75) is 6.92 Å². The third kappa shape index (κ3) is 2.00. The summed E-state index contributed by atoms with van der Waals surface area (Å²) in [5.74, 6) is 1.27. The molecular weight excluding hydrogens is 248 g/mol. The van der Waals surface area contributed by atoms with Crippen molar-refractivity contribution in [3.8, 4) is 17.4 Å². The van der Waals surface area contributed by atoms with Gasteiger partial charge in [0, 0.05) is 6.07 Å². The van der Waals surface area contributed by atoms with Crippen LogP contribution in [0.1, 0.15) is 5.56 Å². The highest BCUT2D eigenvalue weighted by Gasteiger charge is 2.08. The highest BCUT2D eigenvalue weighted by Crippen LogP contribution is 2.32. The van der Waals surface area contributed by atoms with Gasteiger partial charge in [0.15, 0.2) is 0 Å². The first-order valence-corrected chi connectivity index (χ1v) is 6.27. The standard InChI is InChI=1S/C13H10N2O2S/c1-8-4-9(16)6-10(5-8)17-13-12-11(2-3-18-12)14-7-15-13/h2-7,16H,1H3. The van der Waals surface area contributed by atoms with Crippen molar-refractivity contribution in [3.63, 3.8) is 0 Å². The number of thiophene rings is 1. The first-order valence-electron chi connectivity index (χ1n) is 5.39. The van der Waals surface area contributed by atoms with E-state index in [1.807, 2.05) is 24.4 Å². The number of phenolic OH excluding ortho intramolecular Hbond substituents is 1. The van der Waals surface area contributed by atoms with E-state index < -0.39 is 0 Å². The number of hydrogen-bond donors (Lipinski definition) is 1. The molecule has 3 rings (SSSR count). The molecule has 3 aromatic rings. The molecule has 1 N–H and O–H groups in total. The lowest BCUT2D eigenvalue weighted by molar-refractivity contribution is 0.448. The number of ether oxygens (including phenoxy) is 1. The van der Waals surface area contributed by atoms with Crippen molar-refractivity contribution >= 4 is 21.6 Å². The van der Waals surface area contributed by atoms with E-state index in [1.165, 1.54) is 17.7 Å². The fourth-order valence-electron chi connectivity index (χ4n) is 1.74. The highest BCUT2D eigenvalue weighted by molar-refractivity contribution is 7.17. The summed E-state index contributed by atoms with van der Waals surface area (Å²) in [6.45, 7) is 1.90.